The number of nitrogens with one attached hydrogen (secondary N) is 1. The van der Waals surface area contributed by atoms with Crippen LogP contribution in [0.25, 0.3) is 21.7 Å². The molecular formula is C27H23N5O2S4. The molecule has 0 saturated carbocycles. The molecule has 2 amide bonds. The van der Waals surface area contributed by atoms with Gasteiger partial charge >= 0.3 is 0 Å². The third kappa shape index (κ3) is 6.32. The smallest absolute Gasteiger partial charge is 0.235 e. The summed E-state index contributed by atoms with van der Waals surface area (Å²) in [5, 5.41) is 29.5. The lowest BCUT2D eigenvalue weighted by Crippen LogP contribution is -2.14. The van der Waals surface area contributed by atoms with E-state index in [1.165, 1.54) is 32.9 Å². The molecule has 0 unspecified atom stereocenters. The molecule has 1 aliphatic rings. The zero-order chi connectivity index (χ0) is 27.1. The minimum absolute atomic E-state index is 0.103. The van der Waals surface area contributed by atoms with Crippen LogP contribution in [0, 0.1) is 22.7 Å². The lowest BCUT2D eigenvalue weighted by Gasteiger charge is -2.11. The van der Waals surface area contributed by atoms with Crippen LogP contribution in [0.15, 0.2) is 45.4 Å². The van der Waals surface area contributed by atoms with Crippen molar-refractivity contribution in [3.8, 4) is 33.8 Å². The van der Waals surface area contributed by atoms with Gasteiger partial charge in [0.2, 0.25) is 12.3 Å². The molecule has 4 aromatic rings. The molecule has 0 aromatic carbocycles. The normalized spacial score (nSPS) is 11.5. The number of nitriles is 2. The maximum atomic E-state index is 12.8. The van der Waals surface area contributed by atoms with Gasteiger partial charge in [-0.3, -0.25) is 9.59 Å². The monoisotopic (exact) mass is 577 g/mol. The fourth-order valence-electron chi connectivity index (χ4n) is 3.84. The van der Waals surface area contributed by atoms with Gasteiger partial charge in [-0.15, -0.1) is 22.7 Å². The summed E-state index contributed by atoms with van der Waals surface area (Å²) in [6.45, 7) is 0. The van der Waals surface area contributed by atoms with Crippen molar-refractivity contribution >= 4 is 63.1 Å². The van der Waals surface area contributed by atoms with Crippen LogP contribution in [0.2, 0.25) is 0 Å². The Hall–Kier alpha value is -3.48. The highest BCUT2D eigenvalue weighted by Crippen LogP contribution is 2.39. The Morgan fingerprint density at radius 1 is 1.21 bits per heavy atom. The molecule has 0 radical (unpaired) electrons. The molecule has 0 bridgehead atoms. The van der Waals surface area contributed by atoms with E-state index in [2.05, 4.69) is 17.5 Å². The molecule has 0 fully saturated rings. The van der Waals surface area contributed by atoms with E-state index in [0.717, 1.165) is 52.9 Å². The number of rotatable bonds is 7. The number of fused-ring (bicyclic) bond motifs is 1. The maximum Gasteiger partial charge on any atom is 0.235 e. The number of nitrogens with zero attached hydrogens (tertiary/aromatic N) is 4. The van der Waals surface area contributed by atoms with E-state index in [0.29, 0.717) is 21.2 Å². The van der Waals surface area contributed by atoms with Gasteiger partial charge in [-0.05, 0) is 64.7 Å². The lowest BCUT2D eigenvalue weighted by atomic mass is 10.0. The Morgan fingerprint density at radius 3 is 2.63 bits per heavy atom. The van der Waals surface area contributed by atoms with Gasteiger partial charge in [-0.1, -0.05) is 17.8 Å². The minimum atomic E-state index is -0.208. The summed E-state index contributed by atoms with van der Waals surface area (Å²) in [5.74, 6) is -0.104. The summed E-state index contributed by atoms with van der Waals surface area (Å²) in [5.41, 5.74) is 4.73. The van der Waals surface area contributed by atoms with Gasteiger partial charge in [0.1, 0.15) is 22.2 Å². The van der Waals surface area contributed by atoms with Crippen LogP contribution in [0.1, 0.15) is 28.0 Å². The van der Waals surface area contributed by atoms with E-state index in [1.54, 1.807) is 36.8 Å². The molecule has 192 valence electrons. The van der Waals surface area contributed by atoms with Crippen molar-refractivity contribution in [2.45, 2.75) is 24.3 Å². The number of anilines is 1. The zero-order valence-corrected chi connectivity index (χ0v) is 24.0. The second-order valence-electron chi connectivity index (χ2n) is 8.42. The number of carbonyl (C=O) groups is 2. The largest absolute Gasteiger partial charge is 0.351 e. The van der Waals surface area contributed by atoms with Gasteiger partial charge in [0, 0.05) is 24.5 Å². The number of carbonyl (C=O) groups excluding carboxylic acids is 2. The summed E-state index contributed by atoms with van der Waals surface area (Å²) in [7, 11) is 3.38. The van der Waals surface area contributed by atoms with E-state index in [9.17, 15) is 20.1 Å². The lowest BCUT2D eigenvalue weighted by molar-refractivity contribution is -0.116. The number of aromatic nitrogens is 1. The number of thioether (sulfide) groups is 1. The second kappa shape index (κ2) is 12.9. The van der Waals surface area contributed by atoms with Crippen molar-refractivity contribution in [2.75, 3.05) is 25.2 Å². The average Bonchev–Trinajstić information content (AvgIpc) is 3.72. The molecule has 1 aliphatic carbocycles. The van der Waals surface area contributed by atoms with E-state index >= 15 is 0 Å². The van der Waals surface area contributed by atoms with E-state index in [-0.39, 0.29) is 11.7 Å². The molecule has 0 spiro atoms. The van der Waals surface area contributed by atoms with Gasteiger partial charge in [0.15, 0.2) is 0 Å². The molecule has 1 N–H and O–H groups in total. The van der Waals surface area contributed by atoms with Crippen LogP contribution in [-0.4, -0.2) is 42.0 Å². The first-order valence-electron chi connectivity index (χ1n) is 11.6. The third-order valence-electron chi connectivity index (χ3n) is 5.54. The van der Waals surface area contributed by atoms with Crippen LogP contribution in [0.3, 0.4) is 0 Å². The number of hydrogen-bond acceptors (Lipinski definition) is 9. The van der Waals surface area contributed by atoms with Gasteiger partial charge in [0.05, 0.1) is 27.5 Å². The predicted octanol–water partition coefficient (Wildman–Crippen LogP) is 6.27. The summed E-state index contributed by atoms with van der Waals surface area (Å²) in [6.07, 6.45) is 3.68. The maximum absolute atomic E-state index is 12.8. The quantitative estimate of drug-likeness (QED) is 0.205. The number of hydrogen-bond donors (Lipinski definition) is 1. The van der Waals surface area contributed by atoms with Crippen molar-refractivity contribution in [3.63, 3.8) is 0 Å². The molecule has 0 saturated heterocycles. The van der Waals surface area contributed by atoms with E-state index < -0.39 is 0 Å². The highest BCUT2D eigenvalue weighted by atomic mass is 32.2. The van der Waals surface area contributed by atoms with Gasteiger partial charge in [0.25, 0.3) is 0 Å². The molecule has 0 aliphatic heterocycles. The first-order chi connectivity index (χ1) is 18.4. The van der Waals surface area contributed by atoms with Crippen LogP contribution in [0.5, 0.6) is 0 Å². The Kier molecular flexibility index (Phi) is 9.32. The summed E-state index contributed by atoms with van der Waals surface area (Å²) < 4.78 is 0. The summed E-state index contributed by atoms with van der Waals surface area (Å²) >= 11 is 5.91. The van der Waals surface area contributed by atoms with Gasteiger partial charge < -0.3 is 10.2 Å². The molecule has 11 heteroatoms. The van der Waals surface area contributed by atoms with Crippen molar-refractivity contribution in [2.24, 2.45) is 0 Å². The Morgan fingerprint density at radius 2 is 2.00 bits per heavy atom. The fraction of sp³-hybridized carbons (Fsp3) is 0.222. The number of pyridine rings is 1. The molecule has 5 rings (SSSR count). The molecule has 38 heavy (non-hydrogen) atoms. The van der Waals surface area contributed by atoms with E-state index in [4.69, 9.17) is 4.98 Å². The van der Waals surface area contributed by atoms with Crippen molar-refractivity contribution < 1.29 is 9.59 Å². The van der Waals surface area contributed by atoms with E-state index in [1.807, 2.05) is 40.4 Å². The number of aryl methyl sites for hydroxylation is 1. The van der Waals surface area contributed by atoms with Crippen molar-refractivity contribution in [3.05, 3.63) is 62.0 Å². The van der Waals surface area contributed by atoms with Crippen molar-refractivity contribution in [1.82, 2.24) is 9.88 Å². The van der Waals surface area contributed by atoms with Crippen LogP contribution < -0.4 is 5.32 Å². The molecule has 7 nitrogen and oxygen atoms in total. The van der Waals surface area contributed by atoms with Crippen LogP contribution in [0.4, 0.5) is 5.00 Å². The second-order valence-corrected chi connectivity index (χ2v) is 12.2. The standard InChI is InChI=1S/C24H16N4OS4.C3H7NO/c25-10-17-15-3-1-4-20(15)33-24(17)28-22(29)13-32-23-18(11-26)16(14-6-8-30-12-14)9-19(27-23)21-5-2-7-31-21;1-4(2)3-5/h2,5-9,12H,1,3-4,13H2,(H,28,29);3H,1-2H3. The van der Waals surface area contributed by atoms with Crippen LogP contribution >= 0.6 is 45.8 Å². The minimum Gasteiger partial charge on any atom is -0.351 e. The number of thiophene rings is 3. The first-order valence-corrected chi connectivity index (χ1v) is 15.2. The third-order valence-corrected chi connectivity index (χ3v) is 9.30. The summed E-state index contributed by atoms with van der Waals surface area (Å²) in [6, 6.07) is 12.4. The molecular weight excluding hydrogens is 555 g/mol. The van der Waals surface area contributed by atoms with Gasteiger partial charge in [-0.25, -0.2) is 4.98 Å². The van der Waals surface area contributed by atoms with Crippen LogP contribution in [-0.2, 0) is 22.4 Å². The topological polar surface area (TPSA) is 110 Å². The Bertz CT molecular complexity index is 1510. The Labute approximate surface area is 237 Å². The molecule has 0 atom stereocenters. The predicted molar refractivity (Wildman–Crippen MR) is 156 cm³/mol. The highest BCUT2D eigenvalue weighted by molar-refractivity contribution is 8.00. The molecule has 4 aromatic heterocycles. The highest BCUT2D eigenvalue weighted by Gasteiger charge is 2.23. The summed E-state index contributed by atoms with van der Waals surface area (Å²) in [4.78, 5) is 30.6. The zero-order valence-electron chi connectivity index (χ0n) is 20.7. The fourth-order valence-corrected chi connectivity index (χ4v) is 7.24. The molecule has 4 heterocycles. The SMILES string of the molecule is CN(C)C=O.N#Cc1c(-c2ccsc2)cc(-c2cccs2)nc1SCC(=O)Nc1sc2c(c1C#N)CCC2. The Balaban J connectivity index is 0.000000617. The van der Waals surface area contributed by atoms with Gasteiger partial charge in [-0.2, -0.15) is 21.9 Å². The first kappa shape index (κ1) is 27.6. The number of amides is 2. The van der Waals surface area contributed by atoms with Crippen molar-refractivity contribution in [1.29, 1.82) is 10.5 Å². The average molecular weight is 578 g/mol.